The van der Waals surface area contributed by atoms with Crippen LogP contribution in [0.25, 0.3) is 0 Å². The molecule has 0 unspecified atom stereocenters. The van der Waals surface area contributed by atoms with Gasteiger partial charge >= 0.3 is 6.09 Å². The molecule has 108 valence electrons. The fourth-order valence-corrected chi connectivity index (χ4v) is 1.96. The normalized spacial score (nSPS) is 14.2. The molecule has 0 aromatic heterocycles. The molecule has 1 aromatic rings. The predicted octanol–water partition coefficient (Wildman–Crippen LogP) is 1.33. The molecule has 0 saturated carbocycles. The van der Waals surface area contributed by atoms with Crippen molar-refractivity contribution in [1.29, 1.82) is 0 Å². The van der Waals surface area contributed by atoms with Crippen LogP contribution in [0.3, 0.4) is 0 Å². The number of ether oxygens (including phenoxy) is 1. The van der Waals surface area contributed by atoms with Crippen molar-refractivity contribution in [2.24, 2.45) is 0 Å². The van der Waals surface area contributed by atoms with E-state index in [1.54, 1.807) is 17.0 Å². The van der Waals surface area contributed by atoms with Gasteiger partial charge in [-0.25, -0.2) is 9.18 Å². The van der Waals surface area contributed by atoms with Gasteiger partial charge in [-0.15, -0.1) is 0 Å². The van der Waals surface area contributed by atoms with Gasteiger partial charge in [0.2, 0.25) is 5.91 Å². The average Bonchev–Trinajstić information content (AvgIpc) is 2.84. The molecule has 1 N–H and O–H groups in total. The Morgan fingerprint density at radius 2 is 2.10 bits per heavy atom. The molecular formula is C14H17FN2O3. The second-order valence-corrected chi connectivity index (χ2v) is 4.58. The van der Waals surface area contributed by atoms with Crippen LogP contribution in [0.15, 0.2) is 24.3 Å². The van der Waals surface area contributed by atoms with Gasteiger partial charge in [-0.2, -0.15) is 0 Å². The molecule has 1 heterocycles. The first-order chi connectivity index (χ1) is 9.65. The number of halogens is 1. The summed E-state index contributed by atoms with van der Waals surface area (Å²) in [5.74, 6) is -0.363. The fraction of sp³-hybridized carbons (Fsp3) is 0.429. The van der Waals surface area contributed by atoms with Crippen molar-refractivity contribution in [3.05, 3.63) is 35.6 Å². The maximum atomic E-state index is 12.7. The second kappa shape index (κ2) is 6.88. The Kier molecular flexibility index (Phi) is 4.92. The van der Waals surface area contributed by atoms with Gasteiger partial charge in [0.25, 0.3) is 0 Å². The first kappa shape index (κ1) is 14.3. The average molecular weight is 280 g/mol. The van der Waals surface area contributed by atoms with Crippen molar-refractivity contribution in [1.82, 2.24) is 10.2 Å². The molecule has 2 rings (SSSR count). The lowest BCUT2D eigenvalue weighted by molar-refractivity contribution is -0.121. The first-order valence-electron chi connectivity index (χ1n) is 6.58. The van der Waals surface area contributed by atoms with Crippen molar-refractivity contribution in [3.63, 3.8) is 0 Å². The Bertz CT molecular complexity index is 476. The monoisotopic (exact) mass is 280 g/mol. The Balaban J connectivity index is 1.63. The van der Waals surface area contributed by atoms with Crippen molar-refractivity contribution in [3.8, 4) is 0 Å². The smallest absolute Gasteiger partial charge is 0.409 e. The quantitative estimate of drug-likeness (QED) is 0.855. The van der Waals surface area contributed by atoms with E-state index < -0.39 is 0 Å². The standard InChI is InChI=1S/C14H17FN2O3/c15-12-4-1-11(2-5-12)3-6-13(18)16-7-8-17-9-10-20-14(17)19/h1-2,4-5H,3,6-10H2,(H,16,18). The molecular weight excluding hydrogens is 263 g/mol. The van der Waals surface area contributed by atoms with Crippen molar-refractivity contribution in [2.75, 3.05) is 26.2 Å². The molecule has 1 aliphatic rings. The van der Waals surface area contributed by atoms with Crippen LogP contribution in [-0.4, -0.2) is 43.1 Å². The third-order valence-electron chi connectivity index (χ3n) is 3.10. The number of carbonyl (C=O) groups excluding carboxylic acids is 2. The van der Waals surface area contributed by atoms with E-state index in [1.165, 1.54) is 12.1 Å². The van der Waals surface area contributed by atoms with Crippen LogP contribution in [-0.2, 0) is 16.0 Å². The Labute approximate surface area is 116 Å². The zero-order valence-electron chi connectivity index (χ0n) is 11.1. The van der Waals surface area contributed by atoms with Crippen LogP contribution in [0, 0.1) is 5.82 Å². The minimum Gasteiger partial charge on any atom is -0.448 e. The zero-order valence-corrected chi connectivity index (χ0v) is 11.1. The highest BCUT2D eigenvalue weighted by molar-refractivity contribution is 5.76. The lowest BCUT2D eigenvalue weighted by Crippen LogP contribution is -2.35. The highest BCUT2D eigenvalue weighted by Gasteiger charge is 2.20. The largest absolute Gasteiger partial charge is 0.448 e. The number of hydrogen-bond donors (Lipinski definition) is 1. The van der Waals surface area contributed by atoms with E-state index in [0.717, 1.165) is 5.56 Å². The predicted molar refractivity (Wildman–Crippen MR) is 70.7 cm³/mol. The molecule has 2 amide bonds. The van der Waals surface area contributed by atoms with E-state index in [9.17, 15) is 14.0 Å². The summed E-state index contributed by atoms with van der Waals surface area (Å²) in [6.45, 7) is 1.86. The summed E-state index contributed by atoms with van der Waals surface area (Å²) < 4.78 is 17.5. The van der Waals surface area contributed by atoms with Gasteiger partial charge in [-0.1, -0.05) is 12.1 Å². The van der Waals surface area contributed by atoms with Gasteiger partial charge in [0, 0.05) is 19.5 Å². The number of aryl methyl sites for hydroxylation is 1. The van der Waals surface area contributed by atoms with E-state index >= 15 is 0 Å². The summed E-state index contributed by atoms with van der Waals surface area (Å²) in [7, 11) is 0. The third-order valence-corrected chi connectivity index (χ3v) is 3.10. The lowest BCUT2D eigenvalue weighted by atomic mass is 10.1. The number of carbonyl (C=O) groups is 2. The molecule has 0 atom stereocenters. The van der Waals surface area contributed by atoms with E-state index in [2.05, 4.69) is 5.32 Å². The molecule has 0 bridgehead atoms. The molecule has 6 heteroatoms. The van der Waals surface area contributed by atoms with Gasteiger partial charge < -0.3 is 15.0 Å². The SMILES string of the molecule is O=C(CCc1ccc(F)cc1)NCCN1CCOC1=O. The lowest BCUT2D eigenvalue weighted by Gasteiger charge is -2.12. The number of hydrogen-bond acceptors (Lipinski definition) is 3. The van der Waals surface area contributed by atoms with Crippen LogP contribution in [0.5, 0.6) is 0 Å². The minimum atomic E-state index is -0.328. The molecule has 0 spiro atoms. The van der Waals surface area contributed by atoms with Crippen LogP contribution < -0.4 is 5.32 Å². The number of nitrogens with zero attached hydrogens (tertiary/aromatic N) is 1. The van der Waals surface area contributed by atoms with Gasteiger partial charge in [0.15, 0.2) is 0 Å². The van der Waals surface area contributed by atoms with Crippen molar-refractivity contribution >= 4 is 12.0 Å². The third kappa shape index (κ3) is 4.22. The molecule has 1 aliphatic heterocycles. The molecule has 0 aliphatic carbocycles. The number of amides is 2. The Morgan fingerprint density at radius 1 is 1.35 bits per heavy atom. The zero-order chi connectivity index (χ0) is 14.4. The van der Waals surface area contributed by atoms with Gasteiger partial charge in [-0.05, 0) is 24.1 Å². The summed E-state index contributed by atoms with van der Waals surface area (Å²) in [5, 5.41) is 2.75. The van der Waals surface area contributed by atoms with Crippen molar-refractivity contribution in [2.45, 2.75) is 12.8 Å². The van der Waals surface area contributed by atoms with E-state index in [-0.39, 0.29) is 17.8 Å². The van der Waals surface area contributed by atoms with Crippen LogP contribution in [0.2, 0.25) is 0 Å². The molecule has 5 nitrogen and oxygen atoms in total. The fourth-order valence-electron chi connectivity index (χ4n) is 1.96. The second-order valence-electron chi connectivity index (χ2n) is 4.58. The van der Waals surface area contributed by atoms with Gasteiger partial charge in [0.05, 0.1) is 6.54 Å². The van der Waals surface area contributed by atoms with E-state index in [0.29, 0.717) is 39.1 Å². The van der Waals surface area contributed by atoms with E-state index in [1.807, 2.05) is 0 Å². The summed E-state index contributed by atoms with van der Waals surface area (Å²) >= 11 is 0. The highest BCUT2D eigenvalue weighted by Crippen LogP contribution is 2.05. The molecule has 1 saturated heterocycles. The number of nitrogens with one attached hydrogen (secondary N) is 1. The summed E-state index contributed by atoms with van der Waals surface area (Å²) in [6, 6.07) is 6.10. The first-order valence-corrected chi connectivity index (χ1v) is 6.58. The molecule has 1 fully saturated rings. The maximum absolute atomic E-state index is 12.7. The molecule has 20 heavy (non-hydrogen) atoms. The topological polar surface area (TPSA) is 58.6 Å². The molecule has 1 aromatic carbocycles. The van der Waals surface area contributed by atoms with Crippen LogP contribution in [0.4, 0.5) is 9.18 Å². The van der Waals surface area contributed by atoms with Crippen LogP contribution in [0.1, 0.15) is 12.0 Å². The summed E-state index contributed by atoms with van der Waals surface area (Å²) in [5.41, 5.74) is 0.921. The van der Waals surface area contributed by atoms with Gasteiger partial charge in [-0.3, -0.25) is 4.79 Å². The number of benzene rings is 1. The number of rotatable bonds is 6. The summed E-state index contributed by atoms with van der Waals surface area (Å²) in [6.07, 6.45) is 0.582. The minimum absolute atomic E-state index is 0.0816. The van der Waals surface area contributed by atoms with Crippen LogP contribution >= 0.6 is 0 Å². The maximum Gasteiger partial charge on any atom is 0.409 e. The van der Waals surface area contributed by atoms with Gasteiger partial charge in [0.1, 0.15) is 12.4 Å². The highest BCUT2D eigenvalue weighted by atomic mass is 19.1. The van der Waals surface area contributed by atoms with Crippen molar-refractivity contribution < 1.29 is 18.7 Å². The molecule has 0 radical (unpaired) electrons. The Morgan fingerprint density at radius 3 is 2.75 bits per heavy atom. The van der Waals surface area contributed by atoms with E-state index in [4.69, 9.17) is 4.74 Å². The number of cyclic esters (lactones) is 1. The summed E-state index contributed by atoms with van der Waals surface area (Å²) in [4.78, 5) is 24.3. The Hall–Kier alpha value is -2.11.